The van der Waals surface area contributed by atoms with Gasteiger partial charge in [0.2, 0.25) is 0 Å². The van der Waals surface area contributed by atoms with Crippen molar-refractivity contribution in [3.05, 3.63) is 83.1 Å². The van der Waals surface area contributed by atoms with Gasteiger partial charge in [0, 0.05) is 41.2 Å². The Morgan fingerprint density at radius 3 is 2.67 bits per heavy atom. The van der Waals surface area contributed by atoms with E-state index in [0.717, 1.165) is 33.3 Å². The number of halogens is 1. The zero-order chi connectivity index (χ0) is 18.9. The SMILES string of the molecule is O=C(NCCSc1ccc(Cl)cc1)NCc1cccc(Cn2cccn2)c1. The van der Waals surface area contributed by atoms with Crippen molar-refractivity contribution in [3.8, 4) is 0 Å². The Morgan fingerprint density at radius 2 is 1.89 bits per heavy atom. The quantitative estimate of drug-likeness (QED) is 0.440. The largest absolute Gasteiger partial charge is 0.337 e. The zero-order valence-corrected chi connectivity index (χ0v) is 16.3. The topological polar surface area (TPSA) is 59.0 Å². The molecule has 2 aromatic carbocycles. The lowest BCUT2D eigenvalue weighted by Gasteiger charge is -2.09. The van der Waals surface area contributed by atoms with Crippen molar-refractivity contribution in [3.63, 3.8) is 0 Å². The normalized spacial score (nSPS) is 10.6. The molecule has 5 nitrogen and oxygen atoms in total. The van der Waals surface area contributed by atoms with Crippen LogP contribution in [0.4, 0.5) is 4.79 Å². The van der Waals surface area contributed by atoms with Crippen molar-refractivity contribution in [2.75, 3.05) is 12.3 Å². The molecule has 0 bridgehead atoms. The lowest BCUT2D eigenvalue weighted by molar-refractivity contribution is 0.241. The van der Waals surface area contributed by atoms with Gasteiger partial charge in [0.1, 0.15) is 0 Å². The molecule has 3 rings (SSSR count). The Hall–Kier alpha value is -2.44. The molecule has 0 spiro atoms. The third-order valence-electron chi connectivity index (χ3n) is 3.82. The van der Waals surface area contributed by atoms with Crippen LogP contribution in [-0.2, 0) is 13.1 Å². The molecule has 27 heavy (non-hydrogen) atoms. The number of amides is 2. The number of carbonyl (C=O) groups is 1. The Bertz CT molecular complexity index is 853. The molecule has 1 heterocycles. The highest BCUT2D eigenvalue weighted by molar-refractivity contribution is 7.99. The summed E-state index contributed by atoms with van der Waals surface area (Å²) in [6, 6.07) is 17.6. The van der Waals surface area contributed by atoms with Gasteiger partial charge >= 0.3 is 6.03 Å². The first-order valence-electron chi connectivity index (χ1n) is 8.64. The number of nitrogens with zero attached hydrogens (tertiary/aromatic N) is 2. The van der Waals surface area contributed by atoms with Crippen LogP contribution in [0.2, 0.25) is 5.02 Å². The van der Waals surface area contributed by atoms with E-state index in [9.17, 15) is 4.79 Å². The molecule has 0 saturated carbocycles. The minimum atomic E-state index is -0.163. The summed E-state index contributed by atoms with van der Waals surface area (Å²) in [6.07, 6.45) is 3.70. The standard InChI is InChI=1S/C20H21ClN4OS/c21-18-5-7-19(8-6-18)27-12-10-22-20(26)23-14-16-3-1-4-17(13-16)15-25-11-2-9-24-25/h1-9,11,13H,10,12,14-15H2,(H2,22,23,26). The molecule has 0 aliphatic rings. The number of aromatic nitrogens is 2. The molecule has 7 heteroatoms. The highest BCUT2D eigenvalue weighted by Gasteiger charge is 2.02. The van der Waals surface area contributed by atoms with Crippen molar-refractivity contribution >= 4 is 29.4 Å². The van der Waals surface area contributed by atoms with E-state index in [2.05, 4.69) is 27.9 Å². The summed E-state index contributed by atoms with van der Waals surface area (Å²) < 4.78 is 1.87. The summed E-state index contributed by atoms with van der Waals surface area (Å²) in [4.78, 5) is 13.1. The van der Waals surface area contributed by atoms with E-state index in [-0.39, 0.29) is 6.03 Å². The van der Waals surface area contributed by atoms with Gasteiger partial charge in [0.05, 0.1) is 6.54 Å². The lowest BCUT2D eigenvalue weighted by Crippen LogP contribution is -2.36. The van der Waals surface area contributed by atoms with E-state index < -0.39 is 0 Å². The Labute approximate surface area is 168 Å². The summed E-state index contributed by atoms with van der Waals surface area (Å²) in [5.41, 5.74) is 2.21. The average Bonchev–Trinajstić information content (AvgIpc) is 3.18. The minimum Gasteiger partial charge on any atom is -0.337 e. The molecule has 3 aromatic rings. The van der Waals surface area contributed by atoms with Gasteiger partial charge in [-0.2, -0.15) is 5.10 Å². The van der Waals surface area contributed by atoms with Crippen LogP contribution in [-0.4, -0.2) is 28.1 Å². The first-order valence-corrected chi connectivity index (χ1v) is 10.0. The molecule has 140 valence electrons. The average molecular weight is 401 g/mol. The molecule has 0 radical (unpaired) electrons. The maximum absolute atomic E-state index is 12.0. The predicted octanol–water partition coefficient (Wildman–Crippen LogP) is 4.18. The Kier molecular flexibility index (Phi) is 7.19. The predicted molar refractivity (Wildman–Crippen MR) is 110 cm³/mol. The van der Waals surface area contributed by atoms with Gasteiger partial charge in [-0.1, -0.05) is 35.9 Å². The van der Waals surface area contributed by atoms with Crippen LogP contribution in [0, 0.1) is 0 Å². The van der Waals surface area contributed by atoms with Gasteiger partial charge in [-0.25, -0.2) is 4.79 Å². The fraction of sp³-hybridized carbons (Fsp3) is 0.200. The van der Waals surface area contributed by atoms with E-state index in [1.54, 1.807) is 18.0 Å². The summed E-state index contributed by atoms with van der Waals surface area (Å²) in [7, 11) is 0. The zero-order valence-electron chi connectivity index (χ0n) is 14.8. The second-order valence-corrected chi connectivity index (χ2v) is 7.54. The molecular weight excluding hydrogens is 380 g/mol. The molecule has 1 aromatic heterocycles. The van der Waals surface area contributed by atoms with E-state index in [0.29, 0.717) is 13.1 Å². The van der Waals surface area contributed by atoms with E-state index in [1.165, 1.54) is 0 Å². The molecule has 0 atom stereocenters. The molecule has 2 amide bonds. The van der Waals surface area contributed by atoms with Gasteiger partial charge in [-0.05, 0) is 41.5 Å². The minimum absolute atomic E-state index is 0.163. The van der Waals surface area contributed by atoms with Crippen LogP contribution in [0.1, 0.15) is 11.1 Å². The van der Waals surface area contributed by atoms with Crippen molar-refractivity contribution < 1.29 is 4.79 Å². The van der Waals surface area contributed by atoms with Crippen molar-refractivity contribution in [1.82, 2.24) is 20.4 Å². The maximum atomic E-state index is 12.0. The highest BCUT2D eigenvalue weighted by atomic mass is 35.5. The van der Waals surface area contributed by atoms with Crippen LogP contribution in [0.5, 0.6) is 0 Å². The fourth-order valence-corrected chi connectivity index (χ4v) is 3.42. The number of nitrogens with one attached hydrogen (secondary N) is 2. The molecule has 0 aliphatic carbocycles. The highest BCUT2D eigenvalue weighted by Crippen LogP contribution is 2.19. The van der Waals surface area contributed by atoms with Gasteiger partial charge in [-0.15, -0.1) is 11.8 Å². The molecule has 2 N–H and O–H groups in total. The first-order chi connectivity index (χ1) is 13.2. The number of hydrogen-bond acceptors (Lipinski definition) is 3. The molecule has 0 fully saturated rings. The number of rotatable bonds is 8. The number of hydrogen-bond donors (Lipinski definition) is 2. The summed E-state index contributed by atoms with van der Waals surface area (Å²) in [5.74, 6) is 0.800. The van der Waals surface area contributed by atoms with Crippen molar-refractivity contribution in [2.45, 2.75) is 18.0 Å². The first kappa shape index (κ1) is 19.3. The second kappa shape index (κ2) is 10.0. The Balaban J connectivity index is 1.36. The van der Waals surface area contributed by atoms with Crippen LogP contribution in [0.25, 0.3) is 0 Å². The van der Waals surface area contributed by atoms with E-state index in [4.69, 9.17) is 11.6 Å². The van der Waals surface area contributed by atoms with Crippen LogP contribution < -0.4 is 10.6 Å². The summed E-state index contributed by atoms with van der Waals surface area (Å²) in [6.45, 7) is 1.80. The molecule has 0 aliphatic heterocycles. The molecule has 0 unspecified atom stereocenters. The fourth-order valence-electron chi connectivity index (χ4n) is 2.53. The lowest BCUT2D eigenvalue weighted by atomic mass is 10.1. The number of benzene rings is 2. The van der Waals surface area contributed by atoms with Crippen LogP contribution in [0.3, 0.4) is 0 Å². The summed E-state index contributed by atoms with van der Waals surface area (Å²) in [5, 5.41) is 10.7. The van der Waals surface area contributed by atoms with E-state index >= 15 is 0 Å². The van der Waals surface area contributed by atoms with Gasteiger partial charge in [0.15, 0.2) is 0 Å². The number of carbonyl (C=O) groups excluding carboxylic acids is 1. The molecule has 0 saturated heterocycles. The third kappa shape index (κ3) is 6.66. The van der Waals surface area contributed by atoms with Crippen LogP contribution >= 0.6 is 23.4 Å². The summed E-state index contributed by atoms with van der Waals surface area (Å²) >= 11 is 7.55. The number of urea groups is 1. The number of thioether (sulfide) groups is 1. The Morgan fingerprint density at radius 1 is 1.07 bits per heavy atom. The van der Waals surface area contributed by atoms with E-state index in [1.807, 2.05) is 53.3 Å². The van der Waals surface area contributed by atoms with Crippen molar-refractivity contribution in [2.24, 2.45) is 0 Å². The monoisotopic (exact) mass is 400 g/mol. The van der Waals surface area contributed by atoms with Gasteiger partial charge < -0.3 is 10.6 Å². The second-order valence-electron chi connectivity index (χ2n) is 5.94. The smallest absolute Gasteiger partial charge is 0.315 e. The maximum Gasteiger partial charge on any atom is 0.315 e. The van der Waals surface area contributed by atoms with Gasteiger partial charge in [0.25, 0.3) is 0 Å². The van der Waals surface area contributed by atoms with Crippen LogP contribution in [0.15, 0.2) is 71.9 Å². The third-order valence-corrected chi connectivity index (χ3v) is 5.08. The molecular formula is C20H21ClN4OS. The van der Waals surface area contributed by atoms with Gasteiger partial charge in [-0.3, -0.25) is 4.68 Å². The van der Waals surface area contributed by atoms with Crippen molar-refractivity contribution in [1.29, 1.82) is 0 Å².